The molecule has 6 nitrogen and oxygen atoms in total. The van der Waals surface area contributed by atoms with Gasteiger partial charge in [-0.1, -0.05) is 0 Å². The number of ether oxygens (including phenoxy) is 2. The summed E-state index contributed by atoms with van der Waals surface area (Å²) in [4.78, 5) is 25.2. The highest BCUT2D eigenvalue weighted by atomic mass is 16.5. The average molecular weight is 321 g/mol. The second-order valence-electron chi connectivity index (χ2n) is 5.76. The zero-order valence-corrected chi connectivity index (χ0v) is 13.6. The van der Waals surface area contributed by atoms with E-state index >= 15 is 0 Å². The van der Waals surface area contributed by atoms with Crippen molar-refractivity contribution in [1.82, 2.24) is 4.90 Å². The van der Waals surface area contributed by atoms with E-state index in [9.17, 15) is 9.59 Å². The third kappa shape index (κ3) is 4.69. The van der Waals surface area contributed by atoms with Crippen molar-refractivity contribution in [2.75, 3.05) is 27.3 Å². The van der Waals surface area contributed by atoms with Gasteiger partial charge in [0.1, 0.15) is 5.75 Å². The van der Waals surface area contributed by atoms with Crippen LogP contribution in [0.5, 0.6) is 5.75 Å². The van der Waals surface area contributed by atoms with Gasteiger partial charge in [-0.25, -0.2) is 4.79 Å². The molecule has 0 spiro atoms. The van der Waals surface area contributed by atoms with Crippen molar-refractivity contribution in [2.24, 2.45) is 0 Å². The van der Waals surface area contributed by atoms with E-state index in [0.717, 1.165) is 25.9 Å². The minimum Gasteiger partial charge on any atom is -0.497 e. The molecule has 6 heteroatoms. The van der Waals surface area contributed by atoms with Crippen molar-refractivity contribution in [2.45, 2.75) is 31.8 Å². The Hall–Kier alpha value is -2.08. The van der Waals surface area contributed by atoms with Gasteiger partial charge in [-0.2, -0.15) is 0 Å². The summed E-state index contributed by atoms with van der Waals surface area (Å²) < 4.78 is 10.7. The number of carbonyl (C=O) groups excluding carboxylic acids is 1. The monoisotopic (exact) mass is 321 g/mol. The van der Waals surface area contributed by atoms with Crippen LogP contribution in [0.2, 0.25) is 0 Å². The van der Waals surface area contributed by atoms with Crippen LogP contribution in [0.25, 0.3) is 0 Å². The van der Waals surface area contributed by atoms with E-state index in [0.29, 0.717) is 17.9 Å². The summed E-state index contributed by atoms with van der Waals surface area (Å²) in [6, 6.07) is 4.33. The number of benzene rings is 1. The lowest BCUT2D eigenvalue weighted by molar-refractivity contribution is 0.00708. The molecule has 1 amide bonds. The van der Waals surface area contributed by atoms with Crippen molar-refractivity contribution in [3.8, 4) is 5.75 Å². The van der Waals surface area contributed by atoms with Gasteiger partial charge in [0.25, 0.3) is 5.91 Å². The number of aromatic carboxylic acids is 1. The number of carboxylic acids is 1. The summed E-state index contributed by atoms with van der Waals surface area (Å²) in [5, 5.41) is 9.13. The van der Waals surface area contributed by atoms with Crippen LogP contribution in [0.1, 0.15) is 46.4 Å². The normalized spacial score (nSPS) is 17.6. The number of rotatable bonds is 6. The Bertz CT molecular complexity index is 566. The van der Waals surface area contributed by atoms with E-state index in [1.807, 2.05) is 0 Å². The van der Waals surface area contributed by atoms with Crippen molar-refractivity contribution in [3.05, 3.63) is 29.3 Å². The van der Waals surface area contributed by atoms with Gasteiger partial charge < -0.3 is 19.5 Å². The topological polar surface area (TPSA) is 76.1 Å². The summed E-state index contributed by atoms with van der Waals surface area (Å²) >= 11 is 0. The number of amides is 1. The number of carbonyl (C=O) groups is 2. The third-order valence-corrected chi connectivity index (χ3v) is 4.04. The second-order valence-corrected chi connectivity index (χ2v) is 5.76. The van der Waals surface area contributed by atoms with Gasteiger partial charge in [-0.05, 0) is 43.9 Å². The molecule has 0 unspecified atom stereocenters. The first-order valence-corrected chi connectivity index (χ1v) is 7.80. The van der Waals surface area contributed by atoms with Gasteiger partial charge in [0.2, 0.25) is 0 Å². The molecule has 1 aliphatic heterocycles. The Morgan fingerprint density at radius 3 is 2.65 bits per heavy atom. The lowest BCUT2D eigenvalue weighted by atomic mass is 10.1. The zero-order chi connectivity index (χ0) is 16.8. The average Bonchev–Trinajstić information content (AvgIpc) is 2.59. The molecule has 2 rings (SSSR count). The highest BCUT2D eigenvalue weighted by Crippen LogP contribution is 2.20. The minimum atomic E-state index is -1.09. The molecule has 1 aromatic rings. The summed E-state index contributed by atoms with van der Waals surface area (Å²) in [7, 11) is 3.16. The Morgan fingerprint density at radius 2 is 2.04 bits per heavy atom. The number of hydrogen-bond acceptors (Lipinski definition) is 4. The predicted molar refractivity (Wildman–Crippen MR) is 85.1 cm³/mol. The lowest BCUT2D eigenvalue weighted by Gasteiger charge is -2.25. The fourth-order valence-corrected chi connectivity index (χ4v) is 2.66. The molecule has 0 aromatic heterocycles. The van der Waals surface area contributed by atoms with Crippen molar-refractivity contribution in [1.29, 1.82) is 0 Å². The lowest BCUT2D eigenvalue weighted by Crippen LogP contribution is -2.31. The van der Waals surface area contributed by atoms with Crippen LogP contribution in [-0.2, 0) is 4.74 Å². The molecule has 0 aliphatic carbocycles. The third-order valence-electron chi connectivity index (χ3n) is 4.04. The van der Waals surface area contributed by atoms with E-state index in [1.54, 1.807) is 18.0 Å². The maximum absolute atomic E-state index is 12.5. The molecule has 1 fully saturated rings. The highest BCUT2D eigenvalue weighted by Gasteiger charge is 2.19. The van der Waals surface area contributed by atoms with E-state index in [-0.39, 0.29) is 17.6 Å². The van der Waals surface area contributed by atoms with Crippen molar-refractivity contribution in [3.63, 3.8) is 0 Å². The highest BCUT2D eigenvalue weighted by molar-refractivity contribution is 5.98. The predicted octanol–water partition coefficient (Wildman–Crippen LogP) is 2.42. The number of hydrogen-bond donors (Lipinski definition) is 1. The van der Waals surface area contributed by atoms with Gasteiger partial charge in [-0.3, -0.25) is 4.79 Å². The molecule has 0 saturated carbocycles. The Labute approximate surface area is 136 Å². The molecule has 0 radical (unpaired) electrons. The number of carboxylic acid groups (broad SMARTS) is 1. The molecular formula is C17H23NO5. The fraction of sp³-hybridized carbons (Fsp3) is 0.529. The maximum atomic E-state index is 12.5. The van der Waals surface area contributed by atoms with E-state index in [2.05, 4.69) is 0 Å². The second kappa shape index (κ2) is 7.97. The molecule has 1 atom stereocenters. The minimum absolute atomic E-state index is 0.0386. The van der Waals surface area contributed by atoms with Gasteiger partial charge in [-0.15, -0.1) is 0 Å². The molecule has 1 N–H and O–H groups in total. The van der Waals surface area contributed by atoms with Gasteiger partial charge in [0.05, 0.1) is 18.8 Å². The Balaban J connectivity index is 2.03. The molecule has 1 heterocycles. The molecule has 126 valence electrons. The first-order chi connectivity index (χ1) is 11.0. The zero-order valence-electron chi connectivity index (χ0n) is 13.6. The molecule has 1 aromatic carbocycles. The van der Waals surface area contributed by atoms with Crippen molar-refractivity contribution >= 4 is 11.9 Å². The standard InChI is InChI=1S/C17H23NO5/c1-18(7-6-14-5-3-4-8-23-14)16(19)12-9-13(17(20)21)11-15(10-12)22-2/h9-11,14H,3-8H2,1-2H3,(H,20,21)/t14-/m0/s1. The maximum Gasteiger partial charge on any atom is 0.335 e. The first-order valence-electron chi connectivity index (χ1n) is 7.80. The van der Waals surface area contributed by atoms with Gasteiger partial charge in [0, 0.05) is 25.8 Å². The van der Waals surface area contributed by atoms with Crippen LogP contribution in [-0.4, -0.2) is 55.3 Å². The van der Waals surface area contributed by atoms with Crippen LogP contribution in [0.15, 0.2) is 18.2 Å². The van der Waals surface area contributed by atoms with Crippen LogP contribution >= 0.6 is 0 Å². The van der Waals surface area contributed by atoms with Crippen LogP contribution in [0.4, 0.5) is 0 Å². The number of methoxy groups -OCH3 is 1. The summed E-state index contributed by atoms with van der Waals surface area (Å²) in [6.45, 7) is 1.36. The van der Waals surface area contributed by atoms with Gasteiger partial charge in [0.15, 0.2) is 0 Å². The van der Waals surface area contributed by atoms with E-state index in [4.69, 9.17) is 14.6 Å². The quantitative estimate of drug-likeness (QED) is 0.871. The van der Waals surface area contributed by atoms with Crippen LogP contribution < -0.4 is 4.74 Å². The largest absolute Gasteiger partial charge is 0.497 e. The molecule has 23 heavy (non-hydrogen) atoms. The Kier molecular flexibility index (Phi) is 5.98. The molecule has 0 bridgehead atoms. The molecular weight excluding hydrogens is 298 g/mol. The summed E-state index contributed by atoms with van der Waals surface area (Å²) in [6.07, 6.45) is 4.30. The van der Waals surface area contributed by atoms with E-state index in [1.165, 1.54) is 25.7 Å². The van der Waals surface area contributed by atoms with Crippen LogP contribution in [0.3, 0.4) is 0 Å². The first kappa shape index (κ1) is 17.3. The SMILES string of the molecule is COc1cc(C(=O)O)cc(C(=O)N(C)CC[C@@H]2CCCCO2)c1. The Morgan fingerprint density at radius 1 is 1.30 bits per heavy atom. The van der Waals surface area contributed by atoms with Crippen LogP contribution in [0, 0.1) is 0 Å². The summed E-state index contributed by atoms with van der Waals surface area (Å²) in [5.41, 5.74) is 0.352. The number of nitrogens with zero attached hydrogens (tertiary/aromatic N) is 1. The van der Waals surface area contributed by atoms with Crippen molar-refractivity contribution < 1.29 is 24.2 Å². The fourth-order valence-electron chi connectivity index (χ4n) is 2.66. The summed E-state index contributed by atoms with van der Waals surface area (Å²) in [5.74, 6) is -0.948. The molecule has 1 aliphatic rings. The molecule has 1 saturated heterocycles. The van der Waals surface area contributed by atoms with E-state index < -0.39 is 5.97 Å². The van der Waals surface area contributed by atoms with Gasteiger partial charge >= 0.3 is 5.97 Å². The smallest absolute Gasteiger partial charge is 0.335 e.